The molecule has 1 aromatic heterocycles. The highest BCUT2D eigenvalue weighted by Gasteiger charge is 2.46. The van der Waals surface area contributed by atoms with Gasteiger partial charge in [-0.25, -0.2) is 0 Å². The minimum Gasteiger partial charge on any atom is -0.469 e. The fourth-order valence-corrected chi connectivity index (χ4v) is 4.29. The zero-order valence-corrected chi connectivity index (χ0v) is 13.0. The minimum atomic E-state index is -0.247. The van der Waals surface area contributed by atoms with Crippen LogP contribution >= 0.6 is 0 Å². The first-order chi connectivity index (χ1) is 10.7. The number of methoxy groups -OCH3 is 1. The van der Waals surface area contributed by atoms with Gasteiger partial charge in [0.15, 0.2) is 0 Å². The van der Waals surface area contributed by atoms with Gasteiger partial charge in [0, 0.05) is 12.3 Å². The Balaban J connectivity index is 1.58. The molecule has 0 spiro atoms. The quantitative estimate of drug-likeness (QED) is 0.848. The Kier molecular flexibility index (Phi) is 4.67. The summed E-state index contributed by atoms with van der Waals surface area (Å²) in [5, 5.41) is 10.3. The minimum absolute atomic E-state index is 0.119. The van der Waals surface area contributed by atoms with Crippen molar-refractivity contribution in [3.63, 3.8) is 0 Å². The molecule has 4 heteroatoms. The molecule has 3 rings (SSSR count). The Morgan fingerprint density at radius 1 is 1.45 bits per heavy atom. The Hall–Kier alpha value is -1.55. The number of carbonyl (C=O) groups excluding carboxylic acids is 1. The lowest BCUT2D eigenvalue weighted by Crippen LogP contribution is -2.17. The summed E-state index contributed by atoms with van der Waals surface area (Å²) in [5.41, 5.74) is 0. The first kappa shape index (κ1) is 15.3. The zero-order chi connectivity index (χ0) is 15.5. The Morgan fingerprint density at radius 2 is 2.32 bits per heavy atom. The molecule has 1 aromatic rings. The molecule has 0 aliphatic heterocycles. The molecule has 120 valence electrons. The van der Waals surface area contributed by atoms with Crippen molar-refractivity contribution in [1.82, 2.24) is 0 Å². The molecule has 0 aromatic carbocycles. The van der Waals surface area contributed by atoms with Crippen LogP contribution in [0.15, 0.2) is 28.9 Å². The molecule has 0 radical (unpaired) electrons. The summed E-state index contributed by atoms with van der Waals surface area (Å²) < 4.78 is 10.0. The van der Waals surface area contributed by atoms with E-state index in [1.54, 1.807) is 6.26 Å². The Labute approximate surface area is 131 Å². The number of rotatable bonds is 5. The lowest BCUT2D eigenvalue weighted by molar-refractivity contribution is -0.140. The van der Waals surface area contributed by atoms with Crippen LogP contribution in [-0.4, -0.2) is 24.3 Å². The van der Waals surface area contributed by atoms with Crippen molar-refractivity contribution >= 4 is 12.0 Å². The van der Waals surface area contributed by atoms with Gasteiger partial charge in [0.05, 0.1) is 19.5 Å². The van der Waals surface area contributed by atoms with Gasteiger partial charge in [0.2, 0.25) is 0 Å². The first-order valence-corrected chi connectivity index (χ1v) is 8.14. The van der Waals surface area contributed by atoms with E-state index in [4.69, 9.17) is 9.15 Å². The number of aliphatic hydroxyl groups excluding tert-OH is 1. The van der Waals surface area contributed by atoms with Gasteiger partial charge in [-0.05, 0) is 61.6 Å². The summed E-state index contributed by atoms with van der Waals surface area (Å²) in [6.07, 6.45) is 10.0. The van der Waals surface area contributed by atoms with Gasteiger partial charge >= 0.3 is 5.97 Å². The molecule has 2 fully saturated rings. The van der Waals surface area contributed by atoms with Gasteiger partial charge in [0.1, 0.15) is 5.76 Å². The number of fused-ring (bicyclic) bond motifs is 1. The van der Waals surface area contributed by atoms with E-state index in [1.807, 2.05) is 18.2 Å². The number of hydrogen-bond donors (Lipinski definition) is 1. The molecule has 1 heterocycles. The number of aliphatic hydroxyl groups is 1. The average Bonchev–Trinajstić information content (AvgIpc) is 3.20. The molecular weight excluding hydrogens is 280 g/mol. The summed E-state index contributed by atoms with van der Waals surface area (Å²) in [6.45, 7) is 0. The van der Waals surface area contributed by atoms with Crippen molar-refractivity contribution in [3.8, 4) is 0 Å². The van der Waals surface area contributed by atoms with E-state index in [-0.39, 0.29) is 18.0 Å². The van der Waals surface area contributed by atoms with Crippen molar-refractivity contribution in [3.05, 3.63) is 30.2 Å². The van der Waals surface area contributed by atoms with Crippen LogP contribution in [0.1, 0.15) is 37.9 Å². The summed E-state index contributed by atoms with van der Waals surface area (Å²) in [6, 6.07) is 3.79. The standard InChI is InChI=1S/C18H24O4/c1-21-18(20)7-4-12-9-13-11-17(19)15(16(13)10-12)6-5-14-3-2-8-22-14/h2-3,5-6,8,12-13,15-17,19H,4,7,9-11H2,1H3/b6-5+/t12?,13?,15-,16?,17-/m1/s1. The third kappa shape index (κ3) is 3.27. The molecule has 4 nitrogen and oxygen atoms in total. The summed E-state index contributed by atoms with van der Waals surface area (Å²) in [4.78, 5) is 11.3. The molecule has 2 aliphatic carbocycles. The first-order valence-electron chi connectivity index (χ1n) is 8.14. The van der Waals surface area contributed by atoms with Crippen molar-refractivity contribution in [2.45, 2.75) is 38.2 Å². The number of carbonyl (C=O) groups is 1. The normalized spacial score (nSPS) is 34.2. The van der Waals surface area contributed by atoms with Gasteiger partial charge < -0.3 is 14.3 Å². The average molecular weight is 304 g/mol. The van der Waals surface area contributed by atoms with Crippen molar-refractivity contribution in [2.24, 2.45) is 23.7 Å². The highest BCUT2D eigenvalue weighted by molar-refractivity contribution is 5.69. The maximum Gasteiger partial charge on any atom is 0.305 e. The molecule has 3 unspecified atom stereocenters. The maximum absolute atomic E-state index is 11.3. The summed E-state index contributed by atoms with van der Waals surface area (Å²) in [7, 11) is 1.44. The lowest BCUT2D eigenvalue weighted by atomic mass is 9.89. The van der Waals surface area contributed by atoms with Crippen molar-refractivity contribution in [2.75, 3.05) is 7.11 Å². The topological polar surface area (TPSA) is 59.7 Å². The van der Waals surface area contributed by atoms with E-state index in [1.165, 1.54) is 7.11 Å². The SMILES string of the molecule is COC(=O)CCC1CC2C[C@@H](O)[C@H](/C=C/c3ccco3)C2C1. The maximum atomic E-state index is 11.3. The highest BCUT2D eigenvalue weighted by Crippen LogP contribution is 2.51. The lowest BCUT2D eigenvalue weighted by Gasteiger charge is -2.18. The van der Waals surface area contributed by atoms with Crippen molar-refractivity contribution < 1.29 is 19.1 Å². The summed E-state index contributed by atoms with van der Waals surface area (Å²) >= 11 is 0. The fourth-order valence-electron chi connectivity index (χ4n) is 4.29. The highest BCUT2D eigenvalue weighted by atomic mass is 16.5. The Bertz CT molecular complexity index is 519. The molecule has 2 saturated carbocycles. The van der Waals surface area contributed by atoms with E-state index < -0.39 is 0 Å². The molecule has 5 atom stereocenters. The molecule has 0 amide bonds. The monoisotopic (exact) mass is 304 g/mol. The second kappa shape index (κ2) is 6.69. The van der Waals surface area contributed by atoms with E-state index in [0.717, 1.165) is 31.4 Å². The molecule has 0 saturated heterocycles. The Morgan fingerprint density at radius 3 is 3.05 bits per heavy atom. The van der Waals surface area contributed by atoms with Crippen LogP contribution in [0, 0.1) is 23.7 Å². The predicted molar refractivity (Wildman–Crippen MR) is 82.8 cm³/mol. The second-order valence-electron chi connectivity index (χ2n) is 6.63. The number of furan rings is 1. The largest absolute Gasteiger partial charge is 0.469 e. The van der Waals surface area contributed by atoms with E-state index in [9.17, 15) is 9.90 Å². The van der Waals surface area contributed by atoms with Crippen LogP contribution in [-0.2, 0) is 9.53 Å². The predicted octanol–water partition coefficient (Wildman–Crippen LogP) is 3.27. The van der Waals surface area contributed by atoms with Gasteiger partial charge in [-0.3, -0.25) is 4.79 Å². The smallest absolute Gasteiger partial charge is 0.305 e. The van der Waals surface area contributed by atoms with E-state index in [0.29, 0.717) is 24.2 Å². The van der Waals surface area contributed by atoms with Crippen molar-refractivity contribution in [1.29, 1.82) is 0 Å². The second-order valence-corrected chi connectivity index (χ2v) is 6.63. The molecule has 2 aliphatic rings. The van der Waals surface area contributed by atoms with Crippen LogP contribution in [0.25, 0.3) is 6.08 Å². The van der Waals surface area contributed by atoms with Crippen LogP contribution in [0.4, 0.5) is 0 Å². The molecule has 22 heavy (non-hydrogen) atoms. The third-order valence-electron chi connectivity index (χ3n) is 5.34. The van der Waals surface area contributed by atoms with Crippen LogP contribution in [0.2, 0.25) is 0 Å². The van der Waals surface area contributed by atoms with E-state index >= 15 is 0 Å². The number of esters is 1. The molecule has 0 bridgehead atoms. The fraction of sp³-hybridized carbons (Fsp3) is 0.611. The molecular formula is C18H24O4. The van der Waals surface area contributed by atoms with Crippen LogP contribution in [0.5, 0.6) is 0 Å². The number of hydrogen-bond acceptors (Lipinski definition) is 4. The van der Waals surface area contributed by atoms with Crippen LogP contribution in [0.3, 0.4) is 0 Å². The number of ether oxygens (including phenoxy) is 1. The van der Waals surface area contributed by atoms with Gasteiger partial charge in [0.25, 0.3) is 0 Å². The molecule has 1 N–H and O–H groups in total. The van der Waals surface area contributed by atoms with Crippen LogP contribution < -0.4 is 0 Å². The zero-order valence-electron chi connectivity index (χ0n) is 13.0. The third-order valence-corrected chi connectivity index (χ3v) is 5.34. The van der Waals surface area contributed by atoms with Gasteiger partial charge in [-0.2, -0.15) is 0 Å². The summed E-state index contributed by atoms with van der Waals surface area (Å²) in [5.74, 6) is 2.62. The van der Waals surface area contributed by atoms with Gasteiger partial charge in [-0.15, -0.1) is 0 Å². The van der Waals surface area contributed by atoms with Gasteiger partial charge in [-0.1, -0.05) is 6.08 Å². The van der Waals surface area contributed by atoms with E-state index in [2.05, 4.69) is 6.08 Å².